The van der Waals surface area contributed by atoms with Crippen molar-refractivity contribution in [3.05, 3.63) is 106 Å². The third kappa shape index (κ3) is 3.36. The molecule has 0 amide bonds. The van der Waals surface area contributed by atoms with Crippen LogP contribution < -0.4 is 0 Å². The number of likely N-dealkylation sites (tertiary alicyclic amines) is 1. The first kappa shape index (κ1) is 18.4. The van der Waals surface area contributed by atoms with Gasteiger partial charge in [0.25, 0.3) is 0 Å². The van der Waals surface area contributed by atoms with Gasteiger partial charge in [0.15, 0.2) is 0 Å². The van der Waals surface area contributed by atoms with Gasteiger partial charge in [-0.25, -0.2) is 0 Å². The number of hydrogen-bond acceptors (Lipinski definition) is 2. The van der Waals surface area contributed by atoms with Gasteiger partial charge in [0.1, 0.15) is 0 Å². The van der Waals surface area contributed by atoms with Crippen molar-refractivity contribution in [2.45, 2.75) is 11.5 Å². The molecule has 0 saturated carbocycles. The highest BCUT2D eigenvalue weighted by molar-refractivity contribution is 9.10. The minimum absolute atomic E-state index is 0.0963. The van der Waals surface area contributed by atoms with Crippen LogP contribution in [0.25, 0.3) is 0 Å². The summed E-state index contributed by atoms with van der Waals surface area (Å²) >= 11 is 9.71. The molecule has 0 spiro atoms. The lowest BCUT2D eigenvalue weighted by molar-refractivity contribution is -0.124. The van der Waals surface area contributed by atoms with Crippen molar-refractivity contribution in [2.24, 2.45) is 0 Å². The van der Waals surface area contributed by atoms with Gasteiger partial charge in [-0.1, -0.05) is 94.8 Å². The Morgan fingerprint density at radius 2 is 1.33 bits per heavy atom. The molecule has 2 nitrogen and oxygen atoms in total. The van der Waals surface area contributed by atoms with E-state index in [1.54, 1.807) is 0 Å². The zero-order chi connectivity index (χ0) is 18.9. The molecule has 3 aromatic carbocycles. The Balaban J connectivity index is 1.70. The topological polar surface area (TPSA) is 20.3 Å². The summed E-state index contributed by atoms with van der Waals surface area (Å²) < 4.78 is 0.926. The van der Waals surface area contributed by atoms with Crippen molar-refractivity contribution in [1.82, 2.24) is 4.90 Å². The van der Waals surface area contributed by atoms with Gasteiger partial charge in [-0.2, -0.15) is 0 Å². The Kier molecular flexibility index (Phi) is 5.18. The van der Waals surface area contributed by atoms with Crippen molar-refractivity contribution in [3.8, 4) is 0 Å². The summed E-state index contributed by atoms with van der Waals surface area (Å²) in [5.41, 5.74) is 2.71. The Morgan fingerprint density at radius 3 is 1.81 bits per heavy atom. The lowest BCUT2D eigenvalue weighted by atomic mass is 9.73. The van der Waals surface area contributed by atoms with Crippen LogP contribution in [0.4, 0.5) is 0 Å². The van der Waals surface area contributed by atoms with Crippen molar-refractivity contribution < 1.29 is 4.79 Å². The van der Waals surface area contributed by atoms with Crippen LogP contribution >= 0.6 is 27.5 Å². The van der Waals surface area contributed by atoms with Gasteiger partial charge in [-0.3, -0.25) is 9.69 Å². The van der Waals surface area contributed by atoms with Crippen molar-refractivity contribution in [2.75, 3.05) is 13.1 Å². The van der Waals surface area contributed by atoms with E-state index >= 15 is 0 Å². The van der Waals surface area contributed by atoms with Gasteiger partial charge >= 0.3 is 0 Å². The number of nitrogens with zero attached hydrogens (tertiary/aromatic N) is 1. The van der Waals surface area contributed by atoms with Crippen LogP contribution in [0.1, 0.15) is 22.7 Å². The average Bonchev–Trinajstić information content (AvgIpc) is 2.66. The van der Waals surface area contributed by atoms with Crippen molar-refractivity contribution >= 4 is 32.8 Å². The van der Waals surface area contributed by atoms with Gasteiger partial charge < -0.3 is 0 Å². The first-order chi connectivity index (χ1) is 13.1. The number of halogens is 2. The summed E-state index contributed by atoms with van der Waals surface area (Å²) in [5, 5.41) is -0.300. The van der Waals surface area contributed by atoms with Crippen molar-refractivity contribution in [3.63, 3.8) is 0 Å². The second-order valence-electron chi connectivity index (χ2n) is 6.96. The molecule has 3 aromatic rings. The molecule has 0 atom stereocenters. The van der Waals surface area contributed by atoms with Crippen LogP contribution in [0.5, 0.6) is 0 Å². The predicted octanol–water partition coefficient (Wildman–Crippen LogP) is 5.56. The standard InChI is InChI=1S/C23H19BrClNO/c24-20-14-8-7-13-19(20)23(22(25)27)15-26(16-23)21(17-9-3-1-4-10-17)18-11-5-2-6-12-18/h1-14,21H,15-16H2. The van der Waals surface area contributed by atoms with Gasteiger partial charge in [0, 0.05) is 17.6 Å². The second-order valence-corrected chi connectivity index (χ2v) is 8.16. The lowest BCUT2D eigenvalue weighted by Crippen LogP contribution is -2.63. The fraction of sp³-hybridized carbons (Fsp3) is 0.174. The minimum atomic E-state index is -0.677. The summed E-state index contributed by atoms with van der Waals surface area (Å²) in [6.45, 7) is 1.18. The van der Waals surface area contributed by atoms with Gasteiger partial charge in [0.05, 0.1) is 11.5 Å². The molecule has 27 heavy (non-hydrogen) atoms. The number of carbonyl (C=O) groups is 1. The normalized spacial score (nSPS) is 16.1. The molecule has 1 heterocycles. The molecule has 1 saturated heterocycles. The first-order valence-corrected chi connectivity index (χ1v) is 10.1. The van der Waals surface area contributed by atoms with E-state index in [2.05, 4.69) is 69.4 Å². The van der Waals surface area contributed by atoms with E-state index in [1.807, 2.05) is 36.4 Å². The average molecular weight is 441 g/mol. The lowest BCUT2D eigenvalue weighted by Gasteiger charge is -2.52. The van der Waals surface area contributed by atoms with Crippen LogP contribution in [0.2, 0.25) is 0 Å². The summed E-state index contributed by atoms with van der Waals surface area (Å²) in [5.74, 6) is 0. The summed E-state index contributed by atoms with van der Waals surface area (Å²) in [6.07, 6.45) is 0. The number of benzene rings is 3. The van der Waals surface area contributed by atoms with Crippen molar-refractivity contribution in [1.29, 1.82) is 0 Å². The van der Waals surface area contributed by atoms with E-state index in [9.17, 15) is 4.79 Å². The molecule has 0 bridgehead atoms. The zero-order valence-corrected chi connectivity index (χ0v) is 17.0. The Bertz CT molecular complexity index is 899. The van der Waals surface area contributed by atoms with Crippen LogP contribution in [0.3, 0.4) is 0 Å². The summed E-state index contributed by atoms with van der Waals surface area (Å²) in [4.78, 5) is 14.8. The Labute approximate surface area is 172 Å². The van der Waals surface area contributed by atoms with E-state index in [4.69, 9.17) is 11.6 Å². The fourth-order valence-corrected chi connectivity index (χ4v) is 4.85. The molecule has 136 valence electrons. The number of carbonyl (C=O) groups excluding carboxylic acids is 1. The van der Waals surface area contributed by atoms with E-state index in [0.717, 1.165) is 10.0 Å². The van der Waals surface area contributed by atoms with Crippen LogP contribution in [-0.2, 0) is 10.2 Å². The Morgan fingerprint density at radius 1 is 0.852 bits per heavy atom. The summed E-state index contributed by atoms with van der Waals surface area (Å²) in [6, 6.07) is 28.8. The molecule has 4 heteroatoms. The molecule has 1 aliphatic heterocycles. The van der Waals surface area contributed by atoms with E-state index < -0.39 is 5.41 Å². The largest absolute Gasteiger partial charge is 0.289 e. The van der Waals surface area contributed by atoms with Crippen LogP contribution in [0, 0.1) is 0 Å². The maximum Gasteiger partial charge on any atom is 0.234 e. The van der Waals surface area contributed by atoms with Gasteiger partial charge in [-0.05, 0) is 34.4 Å². The number of rotatable bonds is 5. The SMILES string of the molecule is O=C(Cl)C1(c2ccccc2Br)CN(C(c2ccccc2)c2ccccc2)C1. The third-order valence-corrected chi connectivity index (χ3v) is 6.36. The zero-order valence-electron chi connectivity index (χ0n) is 14.7. The molecular formula is C23H19BrClNO. The molecule has 0 aromatic heterocycles. The molecule has 0 unspecified atom stereocenters. The highest BCUT2D eigenvalue weighted by Gasteiger charge is 2.52. The molecule has 4 rings (SSSR count). The molecule has 0 N–H and O–H groups in total. The molecule has 1 fully saturated rings. The van der Waals surface area contributed by atoms with Crippen LogP contribution in [-0.4, -0.2) is 23.2 Å². The van der Waals surface area contributed by atoms with Crippen LogP contribution in [0.15, 0.2) is 89.4 Å². The molecule has 0 radical (unpaired) electrons. The highest BCUT2D eigenvalue weighted by Crippen LogP contribution is 2.45. The Hall–Kier alpha value is -1.94. The van der Waals surface area contributed by atoms with E-state index in [-0.39, 0.29) is 11.3 Å². The monoisotopic (exact) mass is 439 g/mol. The molecule has 1 aliphatic rings. The van der Waals surface area contributed by atoms with E-state index in [1.165, 1.54) is 11.1 Å². The molecule has 0 aliphatic carbocycles. The summed E-state index contributed by atoms with van der Waals surface area (Å²) in [7, 11) is 0. The highest BCUT2D eigenvalue weighted by atomic mass is 79.9. The van der Waals surface area contributed by atoms with E-state index in [0.29, 0.717) is 13.1 Å². The third-order valence-electron chi connectivity index (χ3n) is 5.31. The van der Waals surface area contributed by atoms with Gasteiger partial charge in [0.2, 0.25) is 5.24 Å². The first-order valence-electron chi connectivity index (χ1n) is 8.91. The maximum atomic E-state index is 12.5. The maximum absolute atomic E-state index is 12.5. The second kappa shape index (κ2) is 7.59. The number of hydrogen-bond donors (Lipinski definition) is 0. The fourth-order valence-electron chi connectivity index (χ4n) is 3.96. The van der Waals surface area contributed by atoms with Gasteiger partial charge in [-0.15, -0.1) is 0 Å². The predicted molar refractivity (Wildman–Crippen MR) is 113 cm³/mol. The smallest absolute Gasteiger partial charge is 0.234 e. The quantitative estimate of drug-likeness (QED) is 0.484. The minimum Gasteiger partial charge on any atom is -0.289 e. The molecular weight excluding hydrogens is 422 g/mol.